The molecule has 7 atom stereocenters. The lowest BCUT2D eigenvalue weighted by Crippen LogP contribution is -2.60. The topological polar surface area (TPSA) is 175 Å². The first-order chi connectivity index (χ1) is 41.7. The molecule has 1 saturated heterocycles. The van der Waals surface area contributed by atoms with Gasteiger partial charge in [0.05, 0.1) is 32.0 Å². The van der Waals surface area contributed by atoms with E-state index in [9.17, 15) is 35.1 Å². The summed E-state index contributed by atoms with van der Waals surface area (Å²) in [5.74, 6) is -0.182. The van der Waals surface area contributed by atoms with Gasteiger partial charge in [0, 0.05) is 12.8 Å². The predicted molar refractivity (Wildman–Crippen MR) is 357 cm³/mol. The number of amides is 1. The zero-order valence-electron chi connectivity index (χ0n) is 55.3. The molecular weight excluding hydrogens is 1060 g/mol. The maximum atomic E-state index is 13.1. The monoisotopic (exact) mass is 1200 g/mol. The van der Waals surface area contributed by atoms with Gasteiger partial charge in [0.15, 0.2) is 6.29 Å². The number of esters is 1. The van der Waals surface area contributed by atoms with Gasteiger partial charge in [-0.1, -0.05) is 294 Å². The van der Waals surface area contributed by atoms with Crippen LogP contribution >= 0.6 is 0 Å². The molecule has 1 aliphatic rings. The second kappa shape index (κ2) is 63.2. The lowest BCUT2D eigenvalue weighted by atomic mass is 9.99. The van der Waals surface area contributed by atoms with Crippen LogP contribution in [0.1, 0.15) is 348 Å². The normalized spacial score (nSPS) is 18.2. The molecule has 0 aromatic heterocycles. The summed E-state index contributed by atoms with van der Waals surface area (Å²) in [6.45, 7) is 4.34. The van der Waals surface area contributed by atoms with E-state index in [1.165, 1.54) is 257 Å². The smallest absolute Gasteiger partial charge is 0.305 e. The molecular formula is C74H137NO10. The Morgan fingerprint density at radius 1 is 0.435 bits per heavy atom. The Hall–Kier alpha value is -2.38. The van der Waals surface area contributed by atoms with Crippen LogP contribution in [0.15, 0.2) is 48.6 Å². The minimum absolute atomic E-state index is 0.00321. The number of carbonyl (C=O) groups excluding carboxylic acids is 2. The Bertz CT molecular complexity index is 1550. The third kappa shape index (κ3) is 52.1. The molecule has 0 aromatic rings. The number of ether oxygens (including phenoxy) is 3. The van der Waals surface area contributed by atoms with Crippen molar-refractivity contribution in [3.63, 3.8) is 0 Å². The molecule has 1 rings (SSSR count). The van der Waals surface area contributed by atoms with Crippen LogP contribution in [0.4, 0.5) is 0 Å². The number of unbranched alkanes of at least 4 members (excludes halogenated alkanes) is 44. The van der Waals surface area contributed by atoms with Crippen molar-refractivity contribution in [3.8, 4) is 0 Å². The number of nitrogens with one attached hydrogen (secondary N) is 1. The minimum Gasteiger partial charge on any atom is -0.466 e. The zero-order valence-corrected chi connectivity index (χ0v) is 55.3. The SMILES string of the molecule is CCCCC/C=C\CCCCCCCC(=O)OCCCCCCCCCCC/C=C\C/C=C\CCCCCCCCCCCCCCCCCCCC(=O)NC(COC1OC(CO)C(O)C(O)C1O)C(O)/C=C/CCCCCCCCCCCC. The number of aliphatic hydroxyl groups excluding tert-OH is 5. The Morgan fingerprint density at radius 3 is 1.22 bits per heavy atom. The van der Waals surface area contributed by atoms with Crippen molar-refractivity contribution in [3.05, 3.63) is 48.6 Å². The standard InChI is InChI=1S/C74H137NO10/c1-3-5-7-9-11-13-15-40-44-48-52-56-60-67(77)66(65-84-74-73(82)72(81)71(80)68(64-76)85-74)75-69(78)61-57-53-49-45-41-38-36-34-32-30-28-26-24-22-20-18-17-19-21-23-25-27-29-31-33-35-37-39-43-47-51-55-59-63-83-70(79)62-58-54-50-46-42-16-14-12-10-8-6-4-2/h12,14,21,23,27,29,56,60,66-68,71-74,76-77,80-82H,3-11,13,15-20,22,24-26,28,30-55,57-59,61-65H2,1-2H3,(H,75,78)/b14-12-,23-21-,29-27-,60-56+. The van der Waals surface area contributed by atoms with Gasteiger partial charge in [0.25, 0.3) is 0 Å². The van der Waals surface area contributed by atoms with Gasteiger partial charge in [-0.2, -0.15) is 0 Å². The van der Waals surface area contributed by atoms with Gasteiger partial charge in [0.2, 0.25) is 5.91 Å². The molecule has 1 amide bonds. The summed E-state index contributed by atoms with van der Waals surface area (Å²) in [5, 5.41) is 54.5. The maximum absolute atomic E-state index is 13.1. The van der Waals surface area contributed by atoms with Crippen molar-refractivity contribution in [2.75, 3.05) is 19.8 Å². The Labute approximate surface area is 523 Å². The van der Waals surface area contributed by atoms with E-state index in [1.807, 2.05) is 6.08 Å². The van der Waals surface area contributed by atoms with Crippen LogP contribution in [0.3, 0.4) is 0 Å². The number of hydrogen-bond donors (Lipinski definition) is 6. The van der Waals surface area contributed by atoms with Gasteiger partial charge in [-0.05, 0) is 89.9 Å². The molecule has 1 fully saturated rings. The van der Waals surface area contributed by atoms with Gasteiger partial charge < -0.3 is 45.1 Å². The Kier molecular flexibility index (Phi) is 60.0. The summed E-state index contributed by atoms with van der Waals surface area (Å²) < 4.78 is 16.7. The lowest BCUT2D eigenvalue weighted by Gasteiger charge is -2.40. The third-order valence-corrected chi connectivity index (χ3v) is 17.2. The average Bonchev–Trinajstić information content (AvgIpc) is 3.48. The second-order valence-electron chi connectivity index (χ2n) is 25.3. The van der Waals surface area contributed by atoms with E-state index in [4.69, 9.17) is 14.2 Å². The average molecular weight is 1200 g/mol. The van der Waals surface area contributed by atoms with Crippen molar-refractivity contribution >= 4 is 11.9 Å². The van der Waals surface area contributed by atoms with Crippen LogP contribution in [0.2, 0.25) is 0 Å². The van der Waals surface area contributed by atoms with Crippen molar-refractivity contribution in [1.29, 1.82) is 0 Å². The third-order valence-electron chi connectivity index (χ3n) is 17.2. The highest BCUT2D eigenvalue weighted by Crippen LogP contribution is 2.23. The summed E-state index contributed by atoms with van der Waals surface area (Å²) >= 11 is 0. The fourth-order valence-electron chi connectivity index (χ4n) is 11.4. The van der Waals surface area contributed by atoms with Gasteiger partial charge in [-0.15, -0.1) is 0 Å². The largest absolute Gasteiger partial charge is 0.466 e. The molecule has 0 saturated carbocycles. The summed E-state index contributed by atoms with van der Waals surface area (Å²) in [4.78, 5) is 25.1. The first kappa shape index (κ1) is 80.6. The van der Waals surface area contributed by atoms with E-state index >= 15 is 0 Å². The second-order valence-corrected chi connectivity index (χ2v) is 25.3. The minimum atomic E-state index is -1.57. The molecule has 7 unspecified atom stereocenters. The Morgan fingerprint density at radius 2 is 0.788 bits per heavy atom. The molecule has 0 aliphatic carbocycles. The van der Waals surface area contributed by atoms with E-state index in [0.29, 0.717) is 19.4 Å². The molecule has 1 heterocycles. The van der Waals surface area contributed by atoms with E-state index in [-0.39, 0.29) is 18.5 Å². The number of allylic oxidation sites excluding steroid dienone is 7. The molecule has 0 radical (unpaired) electrons. The van der Waals surface area contributed by atoms with Crippen molar-refractivity contribution in [1.82, 2.24) is 5.32 Å². The molecule has 85 heavy (non-hydrogen) atoms. The van der Waals surface area contributed by atoms with Crippen molar-refractivity contribution in [2.24, 2.45) is 0 Å². The summed E-state index contributed by atoms with van der Waals surface area (Å²) in [7, 11) is 0. The van der Waals surface area contributed by atoms with Crippen molar-refractivity contribution < 1.29 is 49.3 Å². The fraction of sp³-hybridized carbons (Fsp3) is 0.865. The van der Waals surface area contributed by atoms with Gasteiger partial charge in [-0.3, -0.25) is 9.59 Å². The van der Waals surface area contributed by atoms with Crippen LogP contribution < -0.4 is 5.32 Å². The molecule has 0 spiro atoms. The van der Waals surface area contributed by atoms with E-state index in [1.54, 1.807) is 6.08 Å². The van der Waals surface area contributed by atoms with E-state index < -0.39 is 49.5 Å². The summed E-state index contributed by atoms with van der Waals surface area (Å²) in [6, 6.07) is -0.809. The molecule has 0 bridgehead atoms. The van der Waals surface area contributed by atoms with Gasteiger partial charge in [0.1, 0.15) is 24.4 Å². The first-order valence-electron chi connectivity index (χ1n) is 36.4. The highest BCUT2D eigenvalue weighted by molar-refractivity contribution is 5.76. The number of hydrogen-bond acceptors (Lipinski definition) is 10. The molecule has 11 heteroatoms. The Balaban J connectivity index is 1.95. The van der Waals surface area contributed by atoms with Gasteiger partial charge >= 0.3 is 5.97 Å². The van der Waals surface area contributed by atoms with Crippen molar-refractivity contribution in [2.45, 2.75) is 391 Å². The first-order valence-corrected chi connectivity index (χ1v) is 36.4. The number of rotatable bonds is 64. The molecule has 498 valence electrons. The molecule has 0 aromatic carbocycles. The van der Waals surface area contributed by atoms with Crippen LogP contribution in [0.25, 0.3) is 0 Å². The lowest BCUT2D eigenvalue weighted by molar-refractivity contribution is -0.302. The number of aliphatic hydroxyl groups is 5. The molecule has 1 aliphatic heterocycles. The van der Waals surface area contributed by atoms with Crippen LogP contribution in [0.5, 0.6) is 0 Å². The molecule has 11 nitrogen and oxygen atoms in total. The highest BCUT2D eigenvalue weighted by Gasteiger charge is 2.44. The highest BCUT2D eigenvalue weighted by atomic mass is 16.7. The fourth-order valence-corrected chi connectivity index (χ4v) is 11.4. The van der Waals surface area contributed by atoms with E-state index in [2.05, 4.69) is 55.6 Å². The van der Waals surface area contributed by atoms with Crippen LogP contribution in [-0.2, 0) is 23.8 Å². The quantitative estimate of drug-likeness (QED) is 0.0195. The van der Waals surface area contributed by atoms with Crippen LogP contribution in [0, 0.1) is 0 Å². The summed E-state index contributed by atoms with van der Waals surface area (Å²) in [5.41, 5.74) is 0. The van der Waals surface area contributed by atoms with Gasteiger partial charge in [-0.25, -0.2) is 0 Å². The molecule has 6 N–H and O–H groups in total. The predicted octanol–water partition coefficient (Wildman–Crippen LogP) is 18.7. The number of carbonyl (C=O) groups is 2. The van der Waals surface area contributed by atoms with Crippen LogP contribution in [-0.4, -0.2) is 100 Å². The van der Waals surface area contributed by atoms with E-state index in [0.717, 1.165) is 64.2 Å². The summed E-state index contributed by atoms with van der Waals surface area (Å²) in [6.07, 6.45) is 72.5. The maximum Gasteiger partial charge on any atom is 0.305 e. The zero-order chi connectivity index (χ0) is 61.6.